The summed E-state index contributed by atoms with van der Waals surface area (Å²) in [7, 11) is 0. The lowest BCUT2D eigenvalue weighted by atomic mass is 10.0. The van der Waals surface area contributed by atoms with Crippen LogP contribution in [0.4, 0.5) is 0 Å². The third kappa shape index (κ3) is 2.59. The minimum atomic E-state index is 0.583. The second-order valence-corrected chi connectivity index (χ2v) is 3.74. The predicted octanol–water partition coefficient (Wildman–Crippen LogP) is 3.45. The molecule has 0 spiro atoms. The van der Waals surface area contributed by atoms with Gasteiger partial charge in [0.15, 0.2) is 0 Å². The van der Waals surface area contributed by atoms with E-state index in [1.54, 1.807) is 6.20 Å². The molecule has 1 aromatic heterocycles. The van der Waals surface area contributed by atoms with E-state index >= 15 is 0 Å². The summed E-state index contributed by atoms with van der Waals surface area (Å²) >= 11 is 0. The van der Waals surface area contributed by atoms with Crippen molar-refractivity contribution < 1.29 is 0 Å². The van der Waals surface area contributed by atoms with Gasteiger partial charge in [-0.3, -0.25) is 4.98 Å². The Hall–Kier alpha value is -2.40. The van der Waals surface area contributed by atoms with Crippen LogP contribution in [0.5, 0.6) is 0 Å². The first-order chi connectivity index (χ1) is 8.31. The van der Waals surface area contributed by atoms with Crippen LogP contribution in [0, 0.1) is 18.3 Å². The van der Waals surface area contributed by atoms with Gasteiger partial charge < -0.3 is 0 Å². The van der Waals surface area contributed by atoms with Crippen molar-refractivity contribution in [2.75, 3.05) is 0 Å². The molecule has 2 heteroatoms. The molecule has 17 heavy (non-hydrogen) atoms. The van der Waals surface area contributed by atoms with Crippen molar-refractivity contribution in [2.24, 2.45) is 0 Å². The molecule has 0 aliphatic carbocycles. The van der Waals surface area contributed by atoms with Crippen LogP contribution in [0.3, 0.4) is 0 Å². The highest BCUT2D eigenvalue weighted by Crippen LogP contribution is 2.17. The number of nitriles is 1. The number of hydrogen-bond acceptors (Lipinski definition) is 2. The van der Waals surface area contributed by atoms with Gasteiger partial charge in [0.25, 0.3) is 0 Å². The highest BCUT2D eigenvalue weighted by molar-refractivity contribution is 5.88. The maximum Gasteiger partial charge on any atom is 0.101 e. The smallest absolute Gasteiger partial charge is 0.101 e. The van der Waals surface area contributed by atoms with Crippen molar-refractivity contribution in [1.82, 2.24) is 4.98 Å². The molecule has 0 N–H and O–H groups in total. The van der Waals surface area contributed by atoms with E-state index in [1.807, 2.05) is 55.5 Å². The monoisotopic (exact) mass is 220 g/mol. The number of pyridine rings is 1. The van der Waals surface area contributed by atoms with Crippen molar-refractivity contribution in [2.45, 2.75) is 6.92 Å². The molecule has 1 aromatic carbocycles. The lowest BCUT2D eigenvalue weighted by Gasteiger charge is -2.01. The van der Waals surface area contributed by atoms with E-state index < -0.39 is 0 Å². The van der Waals surface area contributed by atoms with E-state index in [-0.39, 0.29) is 0 Å². The molecule has 82 valence electrons. The van der Waals surface area contributed by atoms with E-state index in [0.717, 1.165) is 11.1 Å². The van der Waals surface area contributed by atoms with Gasteiger partial charge in [0.2, 0.25) is 0 Å². The Morgan fingerprint density at radius 1 is 1.18 bits per heavy atom. The molecule has 2 nitrogen and oxygen atoms in total. The van der Waals surface area contributed by atoms with Gasteiger partial charge in [0, 0.05) is 6.20 Å². The lowest BCUT2D eigenvalue weighted by molar-refractivity contribution is 1.28. The number of rotatable bonds is 2. The number of aryl methyl sites for hydroxylation is 1. The van der Waals surface area contributed by atoms with Gasteiger partial charge in [-0.25, -0.2) is 0 Å². The van der Waals surface area contributed by atoms with Gasteiger partial charge >= 0.3 is 0 Å². The summed E-state index contributed by atoms with van der Waals surface area (Å²) in [6.07, 6.45) is 3.57. The van der Waals surface area contributed by atoms with Gasteiger partial charge in [-0.15, -0.1) is 0 Å². The van der Waals surface area contributed by atoms with E-state index in [4.69, 9.17) is 0 Å². The Labute approximate surface area is 101 Å². The minimum Gasteiger partial charge on any atom is -0.256 e. The lowest BCUT2D eigenvalue weighted by Crippen LogP contribution is -1.87. The molecule has 2 rings (SSSR count). The van der Waals surface area contributed by atoms with Gasteiger partial charge in [-0.05, 0) is 36.3 Å². The molecule has 2 aromatic rings. The van der Waals surface area contributed by atoms with Crippen LogP contribution in [0.2, 0.25) is 0 Å². The first kappa shape index (κ1) is 11.1. The highest BCUT2D eigenvalue weighted by atomic mass is 14.7. The van der Waals surface area contributed by atoms with Crippen LogP contribution in [-0.2, 0) is 0 Å². The Morgan fingerprint density at radius 2 is 1.94 bits per heavy atom. The van der Waals surface area contributed by atoms with Gasteiger partial charge in [-0.1, -0.05) is 30.3 Å². The van der Waals surface area contributed by atoms with E-state index in [0.29, 0.717) is 11.3 Å². The molecule has 0 unspecified atom stereocenters. The van der Waals surface area contributed by atoms with Crippen LogP contribution in [0.1, 0.15) is 16.8 Å². The van der Waals surface area contributed by atoms with Crippen LogP contribution in [0.15, 0.2) is 48.7 Å². The number of benzene rings is 1. The second-order valence-electron chi connectivity index (χ2n) is 3.74. The SMILES string of the molecule is Cc1ccccc1/C=C(\C#N)c1ccccn1. The Morgan fingerprint density at radius 3 is 2.59 bits per heavy atom. The first-order valence-electron chi connectivity index (χ1n) is 5.40. The zero-order valence-electron chi connectivity index (χ0n) is 9.59. The summed E-state index contributed by atoms with van der Waals surface area (Å²) in [5.41, 5.74) is 3.49. The molecule has 0 radical (unpaired) electrons. The van der Waals surface area contributed by atoms with Crippen molar-refractivity contribution in [3.05, 3.63) is 65.5 Å². The third-order valence-electron chi connectivity index (χ3n) is 2.55. The van der Waals surface area contributed by atoms with Crippen molar-refractivity contribution in [1.29, 1.82) is 5.26 Å². The molecule has 1 heterocycles. The maximum atomic E-state index is 9.17. The van der Waals surface area contributed by atoms with Crippen LogP contribution < -0.4 is 0 Å². The Bertz CT molecular complexity index is 577. The predicted molar refractivity (Wildman–Crippen MR) is 68.9 cm³/mol. The van der Waals surface area contributed by atoms with E-state index in [2.05, 4.69) is 11.1 Å². The fraction of sp³-hybridized carbons (Fsp3) is 0.0667. The quantitative estimate of drug-likeness (QED) is 0.727. The highest BCUT2D eigenvalue weighted by Gasteiger charge is 2.02. The molecular formula is C15H12N2. The summed E-state index contributed by atoms with van der Waals surface area (Å²) in [6, 6.07) is 15.7. The normalized spacial score (nSPS) is 10.9. The molecule has 0 fully saturated rings. The minimum absolute atomic E-state index is 0.583. The van der Waals surface area contributed by atoms with Crippen LogP contribution in [0.25, 0.3) is 11.6 Å². The number of allylic oxidation sites excluding steroid dienone is 1. The summed E-state index contributed by atoms with van der Waals surface area (Å²) in [5.74, 6) is 0. The average molecular weight is 220 g/mol. The van der Waals surface area contributed by atoms with Gasteiger partial charge in [0.1, 0.15) is 6.07 Å². The zero-order valence-corrected chi connectivity index (χ0v) is 9.59. The van der Waals surface area contributed by atoms with Crippen molar-refractivity contribution >= 4 is 11.6 Å². The fourth-order valence-corrected chi connectivity index (χ4v) is 1.59. The molecule has 0 amide bonds. The standard InChI is InChI=1S/C15H12N2/c1-12-6-2-3-7-13(12)10-14(11-16)15-8-4-5-9-17-15/h2-10H,1H3/b14-10+. The van der Waals surface area contributed by atoms with E-state index in [9.17, 15) is 5.26 Å². The summed E-state index contributed by atoms with van der Waals surface area (Å²) < 4.78 is 0. The zero-order chi connectivity index (χ0) is 12.1. The topological polar surface area (TPSA) is 36.7 Å². The number of hydrogen-bond donors (Lipinski definition) is 0. The summed E-state index contributed by atoms with van der Waals surface area (Å²) in [5, 5.41) is 9.17. The van der Waals surface area contributed by atoms with E-state index in [1.165, 1.54) is 0 Å². The largest absolute Gasteiger partial charge is 0.256 e. The molecule has 0 saturated heterocycles. The molecule has 0 aliphatic heterocycles. The van der Waals surface area contributed by atoms with Gasteiger partial charge in [-0.2, -0.15) is 5.26 Å². The van der Waals surface area contributed by atoms with Gasteiger partial charge in [0.05, 0.1) is 11.3 Å². The van der Waals surface area contributed by atoms with Crippen LogP contribution >= 0.6 is 0 Å². The summed E-state index contributed by atoms with van der Waals surface area (Å²) in [4.78, 5) is 4.18. The fourth-order valence-electron chi connectivity index (χ4n) is 1.59. The summed E-state index contributed by atoms with van der Waals surface area (Å²) in [6.45, 7) is 2.03. The number of nitrogens with zero attached hydrogens (tertiary/aromatic N) is 2. The van der Waals surface area contributed by atoms with Crippen LogP contribution in [-0.4, -0.2) is 4.98 Å². The molecule has 0 aliphatic rings. The average Bonchev–Trinajstić information content (AvgIpc) is 2.39. The molecule has 0 saturated carbocycles. The second kappa shape index (κ2) is 5.09. The molecular weight excluding hydrogens is 208 g/mol. The van der Waals surface area contributed by atoms with Crippen molar-refractivity contribution in [3.63, 3.8) is 0 Å². The third-order valence-corrected chi connectivity index (χ3v) is 2.55. The first-order valence-corrected chi connectivity index (χ1v) is 5.40. The maximum absolute atomic E-state index is 9.17. The Balaban J connectivity index is 2.45. The molecule has 0 bridgehead atoms. The molecule has 0 atom stereocenters. The van der Waals surface area contributed by atoms with Crippen molar-refractivity contribution in [3.8, 4) is 6.07 Å². The number of aromatic nitrogens is 1. The Kier molecular flexibility index (Phi) is 3.32.